The van der Waals surface area contributed by atoms with Gasteiger partial charge >= 0.3 is 0 Å². The van der Waals surface area contributed by atoms with Gasteiger partial charge in [-0.3, -0.25) is 0 Å². The molecular weight excluding hydrogens is 222 g/mol. The molecule has 0 N–H and O–H groups in total. The van der Waals surface area contributed by atoms with Gasteiger partial charge in [0.15, 0.2) is 0 Å². The molecule has 1 aliphatic heterocycles. The lowest BCUT2D eigenvalue weighted by molar-refractivity contribution is 0.340. The lowest BCUT2D eigenvalue weighted by atomic mass is 9.93. The van der Waals surface area contributed by atoms with Crippen LogP contribution >= 0.6 is 0 Å². The third-order valence-corrected chi connectivity index (χ3v) is 3.36. The fourth-order valence-electron chi connectivity index (χ4n) is 2.25. The van der Waals surface area contributed by atoms with Gasteiger partial charge in [-0.05, 0) is 12.5 Å². The predicted octanol–water partition coefficient (Wildman–Crippen LogP) is 3.49. The smallest absolute Gasteiger partial charge is 0.210 e. The van der Waals surface area contributed by atoms with Gasteiger partial charge in [-0.25, -0.2) is 0 Å². The standard InChI is InChI=1S/C16H13NO/c1-12-7-9-13(10-8-12)15-16(11-17,18-15)14-5-3-2-4-6-14/h2-10,15H,1H3. The van der Waals surface area contributed by atoms with Crippen molar-refractivity contribution < 1.29 is 4.74 Å². The number of benzene rings is 2. The van der Waals surface area contributed by atoms with Crippen LogP contribution in [0.4, 0.5) is 0 Å². The van der Waals surface area contributed by atoms with E-state index >= 15 is 0 Å². The Bertz CT molecular complexity index is 597. The molecule has 0 aromatic heterocycles. The van der Waals surface area contributed by atoms with Crippen molar-refractivity contribution in [2.45, 2.75) is 18.6 Å². The van der Waals surface area contributed by atoms with E-state index in [0.717, 1.165) is 11.1 Å². The molecule has 0 amide bonds. The van der Waals surface area contributed by atoms with Crippen molar-refractivity contribution in [2.24, 2.45) is 0 Å². The first-order chi connectivity index (χ1) is 8.76. The molecule has 18 heavy (non-hydrogen) atoms. The first-order valence-corrected chi connectivity index (χ1v) is 5.97. The average Bonchev–Trinajstić information content (AvgIpc) is 3.17. The quantitative estimate of drug-likeness (QED) is 0.747. The maximum absolute atomic E-state index is 9.42. The van der Waals surface area contributed by atoms with E-state index in [9.17, 15) is 5.26 Å². The number of aryl methyl sites for hydroxylation is 1. The zero-order valence-corrected chi connectivity index (χ0v) is 10.1. The van der Waals surface area contributed by atoms with Crippen LogP contribution in [0.25, 0.3) is 0 Å². The van der Waals surface area contributed by atoms with Gasteiger partial charge in [0.05, 0.1) is 0 Å². The van der Waals surface area contributed by atoms with Crippen LogP contribution in [0, 0.1) is 18.3 Å². The van der Waals surface area contributed by atoms with E-state index < -0.39 is 5.60 Å². The molecular formula is C16H13NO. The molecule has 3 rings (SSSR count). The number of nitrogens with zero attached hydrogens (tertiary/aromatic N) is 1. The summed E-state index contributed by atoms with van der Waals surface area (Å²) in [7, 11) is 0. The molecule has 0 saturated carbocycles. The highest BCUT2D eigenvalue weighted by Crippen LogP contribution is 2.56. The fraction of sp³-hybridized carbons (Fsp3) is 0.188. The lowest BCUT2D eigenvalue weighted by Gasteiger charge is -2.04. The van der Waals surface area contributed by atoms with Crippen molar-refractivity contribution in [2.75, 3.05) is 0 Å². The van der Waals surface area contributed by atoms with Crippen molar-refractivity contribution in [3.8, 4) is 6.07 Å². The molecule has 1 fully saturated rings. The molecule has 2 atom stereocenters. The SMILES string of the molecule is Cc1ccc(C2OC2(C#N)c2ccccc2)cc1. The Balaban J connectivity index is 1.95. The Labute approximate surface area is 106 Å². The highest BCUT2D eigenvalue weighted by Gasteiger charge is 2.59. The number of rotatable bonds is 2. The third-order valence-electron chi connectivity index (χ3n) is 3.36. The summed E-state index contributed by atoms with van der Waals surface area (Å²) in [6, 6.07) is 20.2. The van der Waals surface area contributed by atoms with Crippen LogP contribution < -0.4 is 0 Å². The largest absolute Gasteiger partial charge is 0.340 e. The molecule has 2 aromatic carbocycles. The Morgan fingerprint density at radius 1 is 1.06 bits per heavy atom. The topological polar surface area (TPSA) is 36.3 Å². The van der Waals surface area contributed by atoms with Crippen molar-refractivity contribution in [3.05, 3.63) is 71.3 Å². The predicted molar refractivity (Wildman–Crippen MR) is 68.7 cm³/mol. The summed E-state index contributed by atoms with van der Waals surface area (Å²) < 4.78 is 5.70. The summed E-state index contributed by atoms with van der Waals surface area (Å²) in [4.78, 5) is 0. The monoisotopic (exact) mass is 235 g/mol. The van der Waals surface area contributed by atoms with Gasteiger partial charge in [0.25, 0.3) is 0 Å². The number of hydrogen-bond acceptors (Lipinski definition) is 2. The number of hydrogen-bond donors (Lipinski definition) is 0. The minimum absolute atomic E-state index is 0.148. The van der Waals surface area contributed by atoms with E-state index in [2.05, 4.69) is 6.07 Å². The lowest BCUT2D eigenvalue weighted by Crippen LogP contribution is -2.06. The maximum atomic E-state index is 9.42. The summed E-state index contributed by atoms with van der Waals surface area (Å²) in [6.45, 7) is 2.05. The van der Waals surface area contributed by atoms with Crippen LogP contribution in [-0.2, 0) is 10.3 Å². The summed E-state index contributed by atoms with van der Waals surface area (Å²) in [5.41, 5.74) is 2.40. The molecule has 0 bridgehead atoms. The Hall–Kier alpha value is -2.11. The summed E-state index contributed by atoms with van der Waals surface area (Å²) >= 11 is 0. The molecule has 0 radical (unpaired) electrons. The van der Waals surface area contributed by atoms with Gasteiger partial charge in [0, 0.05) is 5.56 Å². The summed E-state index contributed by atoms with van der Waals surface area (Å²) in [6.07, 6.45) is -0.148. The highest BCUT2D eigenvalue weighted by atomic mass is 16.6. The zero-order valence-electron chi connectivity index (χ0n) is 10.1. The maximum Gasteiger partial charge on any atom is 0.210 e. The van der Waals surface area contributed by atoms with Crippen molar-refractivity contribution in [1.82, 2.24) is 0 Å². The fourth-order valence-corrected chi connectivity index (χ4v) is 2.25. The molecule has 0 spiro atoms. The third kappa shape index (κ3) is 1.61. The molecule has 88 valence electrons. The normalized spacial score (nSPS) is 25.4. The first kappa shape index (κ1) is 11.0. The number of ether oxygens (including phenoxy) is 1. The number of epoxide rings is 1. The van der Waals surface area contributed by atoms with Crippen LogP contribution in [-0.4, -0.2) is 0 Å². The van der Waals surface area contributed by atoms with Gasteiger partial charge in [-0.2, -0.15) is 5.26 Å². The molecule has 1 heterocycles. The van der Waals surface area contributed by atoms with Gasteiger partial charge < -0.3 is 4.74 Å². The molecule has 0 aliphatic carbocycles. The van der Waals surface area contributed by atoms with Gasteiger partial charge in [0.1, 0.15) is 12.2 Å². The van der Waals surface area contributed by atoms with Crippen LogP contribution in [0.2, 0.25) is 0 Å². The van der Waals surface area contributed by atoms with E-state index in [1.807, 2.05) is 61.5 Å². The Morgan fingerprint density at radius 3 is 2.33 bits per heavy atom. The highest BCUT2D eigenvalue weighted by molar-refractivity contribution is 5.42. The van der Waals surface area contributed by atoms with Crippen LogP contribution in [0.1, 0.15) is 22.8 Å². The second-order valence-electron chi connectivity index (χ2n) is 4.62. The van der Waals surface area contributed by atoms with Crippen LogP contribution in [0.5, 0.6) is 0 Å². The Kier molecular flexibility index (Phi) is 2.43. The van der Waals surface area contributed by atoms with Crippen molar-refractivity contribution >= 4 is 0 Å². The summed E-state index contributed by atoms with van der Waals surface area (Å²) in [5.74, 6) is 0. The molecule has 2 unspecified atom stereocenters. The van der Waals surface area contributed by atoms with E-state index in [1.165, 1.54) is 5.56 Å². The van der Waals surface area contributed by atoms with E-state index in [1.54, 1.807) is 0 Å². The summed E-state index contributed by atoms with van der Waals surface area (Å²) in [5, 5.41) is 9.42. The first-order valence-electron chi connectivity index (χ1n) is 5.97. The van der Waals surface area contributed by atoms with Crippen LogP contribution in [0.15, 0.2) is 54.6 Å². The second-order valence-corrected chi connectivity index (χ2v) is 4.62. The van der Waals surface area contributed by atoms with Gasteiger partial charge in [-0.1, -0.05) is 60.2 Å². The minimum atomic E-state index is -0.795. The van der Waals surface area contributed by atoms with E-state index in [-0.39, 0.29) is 6.10 Å². The van der Waals surface area contributed by atoms with E-state index in [0.29, 0.717) is 0 Å². The van der Waals surface area contributed by atoms with Crippen molar-refractivity contribution in [3.63, 3.8) is 0 Å². The van der Waals surface area contributed by atoms with E-state index in [4.69, 9.17) is 4.74 Å². The zero-order chi connectivity index (χ0) is 12.6. The van der Waals surface area contributed by atoms with Gasteiger partial charge in [-0.15, -0.1) is 0 Å². The Morgan fingerprint density at radius 2 is 1.72 bits per heavy atom. The second kappa shape index (κ2) is 3.97. The molecule has 2 heteroatoms. The molecule has 2 aromatic rings. The molecule has 1 saturated heterocycles. The average molecular weight is 235 g/mol. The molecule has 2 nitrogen and oxygen atoms in total. The number of nitriles is 1. The van der Waals surface area contributed by atoms with Crippen LogP contribution in [0.3, 0.4) is 0 Å². The van der Waals surface area contributed by atoms with Gasteiger partial charge in [0.2, 0.25) is 5.60 Å². The van der Waals surface area contributed by atoms with Crippen molar-refractivity contribution in [1.29, 1.82) is 5.26 Å². The molecule has 1 aliphatic rings. The minimum Gasteiger partial charge on any atom is -0.340 e.